The quantitative estimate of drug-likeness (QED) is 0.926. The molecule has 1 aromatic carbocycles. The maximum absolute atomic E-state index is 12.0. The standard InChI is InChI=1S/C14H19ClN2O2.ClH/c15-12-2-4-13(5-3-12)19-11-6-14(18)17-9-1-7-16-8-10-17;/h2-5,16H,1,6-11H2;1H. The third-order valence-electron chi connectivity index (χ3n) is 3.09. The van der Waals surface area contributed by atoms with Gasteiger partial charge in [0.15, 0.2) is 0 Å². The highest BCUT2D eigenvalue weighted by Crippen LogP contribution is 2.15. The number of rotatable bonds is 4. The summed E-state index contributed by atoms with van der Waals surface area (Å²) in [4.78, 5) is 13.9. The molecular formula is C14H20Cl2N2O2. The van der Waals surface area contributed by atoms with Crippen LogP contribution in [-0.2, 0) is 4.79 Å². The molecular weight excluding hydrogens is 299 g/mol. The van der Waals surface area contributed by atoms with Crippen molar-refractivity contribution in [3.8, 4) is 5.75 Å². The van der Waals surface area contributed by atoms with Crippen molar-refractivity contribution in [1.29, 1.82) is 0 Å². The zero-order valence-electron chi connectivity index (χ0n) is 11.3. The fourth-order valence-electron chi connectivity index (χ4n) is 2.04. The molecule has 0 spiro atoms. The summed E-state index contributed by atoms with van der Waals surface area (Å²) in [7, 11) is 0. The monoisotopic (exact) mass is 318 g/mol. The van der Waals surface area contributed by atoms with Crippen LogP contribution in [0.3, 0.4) is 0 Å². The van der Waals surface area contributed by atoms with Gasteiger partial charge >= 0.3 is 0 Å². The SMILES string of the molecule is Cl.O=C(CCOc1ccc(Cl)cc1)N1CCCNCC1. The molecule has 0 aliphatic carbocycles. The van der Waals surface area contributed by atoms with Crippen LogP contribution in [-0.4, -0.2) is 43.6 Å². The first-order valence-corrected chi connectivity index (χ1v) is 7.00. The van der Waals surface area contributed by atoms with Crippen LogP contribution in [0.5, 0.6) is 5.75 Å². The van der Waals surface area contributed by atoms with Crippen molar-refractivity contribution in [2.24, 2.45) is 0 Å². The van der Waals surface area contributed by atoms with Crippen LogP contribution in [0.15, 0.2) is 24.3 Å². The molecule has 1 amide bonds. The molecule has 0 bridgehead atoms. The highest BCUT2D eigenvalue weighted by molar-refractivity contribution is 6.30. The van der Waals surface area contributed by atoms with Crippen LogP contribution < -0.4 is 10.1 Å². The maximum atomic E-state index is 12.0. The van der Waals surface area contributed by atoms with Crippen molar-refractivity contribution in [2.75, 3.05) is 32.8 Å². The van der Waals surface area contributed by atoms with Gasteiger partial charge in [0.1, 0.15) is 5.75 Å². The number of halogens is 2. The topological polar surface area (TPSA) is 41.6 Å². The van der Waals surface area contributed by atoms with Gasteiger partial charge in [-0.1, -0.05) is 11.6 Å². The molecule has 20 heavy (non-hydrogen) atoms. The third kappa shape index (κ3) is 5.57. The van der Waals surface area contributed by atoms with Gasteiger partial charge in [-0.2, -0.15) is 0 Å². The van der Waals surface area contributed by atoms with Crippen molar-refractivity contribution in [2.45, 2.75) is 12.8 Å². The molecule has 1 fully saturated rings. The average Bonchev–Trinajstić information content (AvgIpc) is 2.70. The van der Waals surface area contributed by atoms with Crippen LogP contribution in [0.25, 0.3) is 0 Å². The molecule has 0 unspecified atom stereocenters. The van der Waals surface area contributed by atoms with E-state index in [2.05, 4.69) is 5.32 Å². The number of hydrogen-bond donors (Lipinski definition) is 1. The second-order valence-electron chi connectivity index (χ2n) is 4.54. The molecule has 1 heterocycles. The zero-order chi connectivity index (χ0) is 13.5. The lowest BCUT2D eigenvalue weighted by Gasteiger charge is -2.19. The molecule has 1 saturated heterocycles. The van der Waals surface area contributed by atoms with Crippen molar-refractivity contribution >= 4 is 29.9 Å². The molecule has 0 saturated carbocycles. The van der Waals surface area contributed by atoms with Crippen molar-refractivity contribution in [3.63, 3.8) is 0 Å². The van der Waals surface area contributed by atoms with Crippen LogP contribution in [0.1, 0.15) is 12.8 Å². The number of carbonyl (C=O) groups excluding carboxylic acids is 1. The number of carbonyl (C=O) groups is 1. The summed E-state index contributed by atoms with van der Waals surface area (Å²) in [5, 5.41) is 3.96. The van der Waals surface area contributed by atoms with E-state index in [9.17, 15) is 4.79 Å². The highest BCUT2D eigenvalue weighted by atomic mass is 35.5. The smallest absolute Gasteiger partial charge is 0.226 e. The summed E-state index contributed by atoms with van der Waals surface area (Å²) in [6, 6.07) is 7.17. The van der Waals surface area contributed by atoms with Crippen molar-refractivity contribution < 1.29 is 9.53 Å². The normalized spacial score (nSPS) is 15.2. The van der Waals surface area contributed by atoms with Gasteiger partial charge in [-0.3, -0.25) is 4.79 Å². The molecule has 2 rings (SSSR count). The Labute approximate surface area is 130 Å². The van der Waals surface area contributed by atoms with Gasteiger partial charge in [0, 0.05) is 24.7 Å². The minimum atomic E-state index is 0. The third-order valence-corrected chi connectivity index (χ3v) is 3.34. The molecule has 112 valence electrons. The van der Waals surface area contributed by atoms with Crippen LogP contribution in [0.4, 0.5) is 0 Å². The summed E-state index contributed by atoms with van der Waals surface area (Å²) >= 11 is 5.79. The van der Waals surface area contributed by atoms with E-state index in [0.717, 1.165) is 38.3 Å². The summed E-state index contributed by atoms with van der Waals surface area (Å²) in [6.07, 6.45) is 1.44. The predicted octanol–water partition coefficient (Wildman–Crippen LogP) is 2.35. The Morgan fingerprint density at radius 2 is 2.00 bits per heavy atom. The molecule has 0 atom stereocenters. The largest absolute Gasteiger partial charge is 0.493 e. The van der Waals surface area contributed by atoms with E-state index >= 15 is 0 Å². The first-order valence-electron chi connectivity index (χ1n) is 6.62. The van der Waals surface area contributed by atoms with Gasteiger partial charge in [0.25, 0.3) is 0 Å². The van der Waals surface area contributed by atoms with Crippen molar-refractivity contribution in [1.82, 2.24) is 10.2 Å². The first-order chi connectivity index (χ1) is 9.25. The summed E-state index contributed by atoms with van der Waals surface area (Å²) in [5.41, 5.74) is 0. The lowest BCUT2D eigenvalue weighted by atomic mass is 10.3. The Balaban J connectivity index is 0.00000200. The predicted molar refractivity (Wildman–Crippen MR) is 82.9 cm³/mol. The lowest BCUT2D eigenvalue weighted by Crippen LogP contribution is -2.34. The average molecular weight is 319 g/mol. The summed E-state index contributed by atoms with van der Waals surface area (Å²) in [6.45, 7) is 3.91. The second kappa shape index (κ2) is 9.06. The van der Waals surface area contributed by atoms with Gasteiger partial charge in [-0.15, -0.1) is 12.4 Å². The molecule has 1 aromatic rings. The highest BCUT2D eigenvalue weighted by Gasteiger charge is 2.14. The number of hydrogen-bond acceptors (Lipinski definition) is 3. The van der Waals surface area contributed by atoms with Crippen LogP contribution in [0.2, 0.25) is 5.02 Å². The van der Waals surface area contributed by atoms with Gasteiger partial charge < -0.3 is 15.0 Å². The molecule has 0 radical (unpaired) electrons. The minimum Gasteiger partial charge on any atom is -0.493 e. The van der Waals surface area contributed by atoms with Gasteiger partial charge in [-0.25, -0.2) is 0 Å². The fourth-order valence-corrected chi connectivity index (χ4v) is 2.17. The molecule has 4 nitrogen and oxygen atoms in total. The van der Waals surface area contributed by atoms with E-state index in [4.69, 9.17) is 16.3 Å². The Kier molecular flexibility index (Phi) is 7.73. The summed E-state index contributed by atoms with van der Waals surface area (Å²) < 4.78 is 5.53. The number of benzene rings is 1. The minimum absolute atomic E-state index is 0. The zero-order valence-corrected chi connectivity index (χ0v) is 12.9. The van der Waals surface area contributed by atoms with E-state index in [1.165, 1.54) is 0 Å². The second-order valence-corrected chi connectivity index (χ2v) is 4.97. The Morgan fingerprint density at radius 1 is 1.25 bits per heavy atom. The number of nitrogens with zero attached hydrogens (tertiary/aromatic N) is 1. The lowest BCUT2D eigenvalue weighted by molar-refractivity contribution is -0.131. The fraction of sp³-hybridized carbons (Fsp3) is 0.500. The van der Waals surface area contributed by atoms with E-state index in [1.807, 2.05) is 17.0 Å². The number of amides is 1. The molecule has 0 aromatic heterocycles. The van der Waals surface area contributed by atoms with Crippen molar-refractivity contribution in [3.05, 3.63) is 29.3 Å². The molecule has 1 aliphatic rings. The number of nitrogens with one attached hydrogen (secondary N) is 1. The number of ether oxygens (including phenoxy) is 1. The van der Waals surface area contributed by atoms with E-state index in [0.29, 0.717) is 18.1 Å². The summed E-state index contributed by atoms with van der Waals surface area (Å²) in [5.74, 6) is 0.910. The van der Waals surface area contributed by atoms with Crippen LogP contribution in [0, 0.1) is 0 Å². The molecule has 6 heteroatoms. The first kappa shape index (κ1) is 17.1. The molecule has 1 aliphatic heterocycles. The van der Waals surface area contributed by atoms with Gasteiger partial charge in [0.2, 0.25) is 5.91 Å². The van der Waals surface area contributed by atoms with Gasteiger partial charge in [0.05, 0.1) is 13.0 Å². The molecule has 1 N–H and O–H groups in total. The van der Waals surface area contributed by atoms with E-state index in [1.54, 1.807) is 12.1 Å². The Morgan fingerprint density at radius 3 is 2.75 bits per heavy atom. The Hall–Kier alpha value is -0.970. The Bertz CT molecular complexity index is 404. The van der Waals surface area contributed by atoms with Crippen LogP contribution >= 0.6 is 24.0 Å². The maximum Gasteiger partial charge on any atom is 0.226 e. The van der Waals surface area contributed by atoms with E-state index < -0.39 is 0 Å². The van der Waals surface area contributed by atoms with E-state index in [-0.39, 0.29) is 18.3 Å². The van der Waals surface area contributed by atoms with Gasteiger partial charge in [-0.05, 0) is 37.2 Å².